The van der Waals surface area contributed by atoms with Crippen LogP contribution in [0.1, 0.15) is 30.9 Å². The number of hydrogen-bond acceptors (Lipinski definition) is 4. The number of aliphatic imine (C=N–C) groups is 1. The number of carbonyl (C=O) groups is 1. The zero-order valence-electron chi connectivity index (χ0n) is 17.9. The molecule has 2 N–H and O–H groups in total. The standard InChI is InChI=1S/C23H30N4O3/c1-4-30-21-14-18(9-12-20(21)29-3)16-26-23(24-2)25-15-17-7-10-19(11-8-17)27-13-5-6-22(27)28/h7-12,14H,4-6,13,15-16H2,1-3H3,(H2,24,25,26). The van der Waals surface area contributed by atoms with Crippen molar-refractivity contribution in [1.82, 2.24) is 10.6 Å². The average molecular weight is 411 g/mol. The van der Waals surface area contributed by atoms with Crippen LogP contribution in [0.5, 0.6) is 11.5 Å². The number of anilines is 1. The molecule has 1 aliphatic heterocycles. The first kappa shape index (κ1) is 21.5. The lowest BCUT2D eigenvalue weighted by atomic mass is 10.2. The number of amides is 1. The number of methoxy groups -OCH3 is 1. The van der Waals surface area contributed by atoms with Gasteiger partial charge in [-0.25, -0.2) is 0 Å². The second kappa shape index (κ2) is 10.5. The van der Waals surface area contributed by atoms with Gasteiger partial charge in [-0.1, -0.05) is 18.2 Å². The third-order valence-electron chi connectivity index (χ3n) is 4.99. The third-order valence-corrected chi connectivity index (χ3v) is 4.99. The summed E-state index contributed by atoms with van der Waals surface area (Å²) in [5.41, 5.74) is 3.16. The van der Waals surface area contributed by atoms with E-state index in [2.05, 4.69) is 15.6 Å². The molecule has 1 saturated heterocycles. The average Bonchev–Trinajstić information content (AvgIpc) is 3.20. The Balaban J connectivity index is 1.52. The Hall–Kier alpha value is -3.22. The van der Waals surface area contributed by atoms with Gasteiger partial charge in [-0.15, -0.1) is 0 Å². The van der Waals surface area contributed by atoms with E-state index in [1.165, 1.54) is 0 Å². The van der Waals surface area contributed by atoms with E-state index in [0.29, 0.717) is 32.1 Å². The number of ether oxygens (including phenoxy) is 2. The molecule has 0 bridgehead atoms. The lowest BCUT2D eigenvalue weighted by Crippen LogP contribution is -2.36. The highest BCUT2D eigenvalue weighted by Crippen LogP contribution is 2.28. The molecule has 1 heterocycles. The molecule has 0 spiro atoms. The van der Waals surface area contributed by atoms with Crippen LogP contribution in [0.15, 0.2) is 47.5 Å². The Morgan fingerprint density at radius 3 is 2.37 bits per heavy atom. The summed E-state index contributed by atoms with van der Waals surface area (Å²) >= 11 is 0. The molecule has 1 fully saturated rings. The van der Waals surface area contributed by atoms with Crippen molar-refractivity contribution in [2.45, 2.75) is 32.9 Å². The largest absolute Gasteiger partial charge is 0.493 e. The maximum Gasteiger partial charge on any atom is 0.227 e. The van der Waals surface area contributed by atoms with Crippen LogP contribution in [0.3, 0.4) is 0 Å². The number of hydrogen-bond donors (Lipinski definition) is 2. The first-order chi connectivity index (χ1) is 14.6. The van der Waals surface area contributed by atoms with Crippen LogP contribution >= 0.6 is 0 Å². The summed E-state index contributed by atoms with van der Waals surface area (Å²) in [6.07, 6.45) is 1.58. The Morgan fingerprint density at radius 2 is 1.77 bits per heavy atom. The second-order valence-electron chi connectivity index (χ2n) is 7.01. The molecule has 2 aromatic rings. The topological polar surface area (TPSA) is 75.2 Å². The minimum absolute atomic E-state index is 0.205. The summed E-state index contributed by atoms with van der Waals surface area (Å²) in [6, 6.07) is 14.0. The molecule has 0 radical (unpaired) electrons. The van der Waals surface area contributed by atoms with Crippen molar-refractivity contribution in [3.05, 3.63) is 53.6 Å². The van der Waals surface area contributed by atoms with Gasteiger partial charge in [0.25, 0.3) is 0 Å². The molecular formula is C23H30N4O3. The Bertz CT molecular complexity index is 881. The Morgan fingerprint density at radius 1 is 1.07 bits per heavy atom. The summed E-state index contributed by atoms with van der Waals surface area (Å²) in [7, 11) is 3.38. The molecule has 0 atom stereocenters. The number of rotatable bonds is 8. The first-order valence-corrected chi connectivity index (χ1v) is 10.3. The van der Waals surface area contributed by atoms with Crippen molar-refractivity contribution in [2.24, 2.45) is 4.99 Å². The van der Waals surface area contributed by atoms with E-state index < -0.39 is 0 Å². The van der Waals surface area contributed by atoms with Gasteiger partial charge in [-0.3, -0.25) is 9.79 Å². The maximum absolute atomic E-state index is 11.9. The predicted molar refractivity (Wildman–Crippen MR) is 119 cm³/mol. The van der Waals surface area contributed by atoms with Crippen LogP contribution in [-0.2, 0) is 17.9 Å². The molecule has 160 valence electrons. The smallest absolute Gasteiger partial charge is 0.227 e. The Kier molecular flexibility index (Phi) is 7.54. The van der Waals surface area contributed by atoms with E-state index in [1.54, 1.807) is 14.2 Å². The summed E-state index contributed by atoms with van der Waals surface area (Å²) in [6.45, 7) is 4.59. The van der Waals surface area contributed by atoms with E-state index in [1.807, 2.05) is 54.3 Å². The van der Waals surface area contributed by atoms with E-state index in [-0.39, 0.29) is 5.91 Å². The fourth-order valence-corrected chi connectivity index (χ4v) is 3.41. The molecule has 1 aliphatic rings. The Labute approximate surface area is 178 Å². The van der Waals surface area contributed by atoms with E-state index >= 15 is 0 Å². The minimum Gasteiger partial charge on any atom is -0.493 e. The van der Waals surface area contributed by atoms with Crippen molar-refractivity contribution in [3.8, 4) is 11.5 Å². The van der Waals surface area contributed by atoms with Crippen molar-refractivity contribution < 1.29 is 14.3 Å². The third kappa shape index (κ3) is 5.43. The molecule has 2 aromatic carbocycles. The van der Waals surface area contributed by atoms with Crippen LogP contribution in [0.2, 0.25) is 0 Å². The quantitative estimate of drug-likeness (QED) is 0.517. The van der Waals surface area contributed by atoms with Crippen LogP contribution < -0.4 is 25.0 Å². The number of nitrogens with one attached hydrogen (secondary N) is 2. The minimum atomic E-state index is 0.205. The molecular weight excluding hydrogens is 380 g/mol. The molecule has 0 unspecified atom stereocenters. The van der Waals surface area contributed by atoms with Crippen molar-refractivity contribution in [3.63, 3.8) is 0 Å². The van der Waals surface area contributed by atoms with Gasteiger partial charge >= 0.3 is 0 Å². The second-order valence-corrected chi connectivity index (χ2v) is 7.01. The first-order valence-electron chi connectivity index (χ1n) is 10.3. The van der Waals surface area contributed by atoms with Crippen molar-refractivity contribution >= 4 is 17.6 Å². The van der Waals surface area contributed by atoms with E-state index in [0.717, 1.165) is 41.3 Å². The van der Waals surface area contributed by atoms with Crippen LogP contribution in [0, 0.1) is 0 Å². The van der Waals surface area contributed by atoms with Crippen molar-refractivity contribution in [2.75, 3.05) is 32.2 Å². The van der Waals surface area contributed by atoms with Gasteiger partial charge in [-0.2, -0.15) is 0 Å². The highest BCUT2D eigenvalue weighted by Gasteiger charge is 2.21. The molecule has 3 rings (SSSR count). The molecule has 7 nitrogen and oxygen atoms in total. The fraction of sp³-hybridized carbons (Fsp3) is 0.391. The number of guanidine groups is 1. The highest BCUT2D eigenvalue weighted by molar-refractivity contribution is 5.95. The summed E-state index contributed by atoms with van der Waals surface area (Å²) in [4.78, 5) is 18.0. The van der Waals surface area contributed by atoms with Gasteiger partial charge in [0.05, 0.1) is 13.7 Å². The molecule has 0 saturated carbocycles. The molecule has 0 aromatic heterocycles. The maximum atomic E-state index is 11.9. The van der Waals surface area contributed by atoms with Gasteiger partial charge in [0.15, 0.2) is 17.5 Å². The lowest BCUT2D eigenvalue weighted by molar-refractivity contribution is -0.117. The summed E-state index contributed by atoms with van der Waals surface area (Å²) < 4.78 is 11.0. The van der Waals surface area contributed by atoms with Crippen LogP contribution in [0.4, 0.5) is 5.69 Å². The molecule has 1 amide bonds. The molecule has 7 heteroatoms. The SMILES string of the molecule is CCOc1cc(CNC(=NC)NCc2ccc(N3CCCC3=O)cc2)ccc1OC. The van der Waals surface area contributed by atoms with Gasteiger partial charge in [0.2, 0.25) is 5.91 Å². The normalized spacial score (nSPS) is 14.0. The van der Waals surface area contributed by atoms with Gasteiger partial charge < -0.3 is 25.0 Å². The van der Waals surface area contributed by atoms with Crippen LogP contribution in [-0.4, -0.2) is 39.2 Å². The summed E-state index contributed by atoms with van der Waals surface area (Å²) in [5.74, 6) is 2.38. The van der Waals surface area contributed by atoms with Gasteiger partial charge in [0, 0.05) is 38.8 Å². The highest BCUT2D eigenvalue weighted by atomic mass is 16.5. The predicted octanol–water partition coefficient (Wildman–Crippen LogP) is 3.09. The zero-order chi connectivity index (χ0) is 21.3. The monoisotopic (exact) mass is 410 g/mol. The number of nitrogens with zero attached hydrogens (tertiary/aromatic N) is 2. The summed E-state index contributed by atoms with van der Waals surface area (Å²) in [5, 5.41) is 6.63. The van der Waals surface area contributed by atoms with Crippen LogP contribution in [0.25, 0.3) is 0 Å². The number of carbonyl (C=O) groups excluding carboxylic acids is 1. The van der Waals surface area contributed by atoms with Crippen molar-refractivity contribution in [1.29, 1.82) is 0 Å². The van der Waals surface area contributed by atoms with E-state index in [4.69, 9.17) is 9.47 Å². The number of benzene rings is 2. The fourth-order valence-electron chi connectivity index (χ4n) is 3.41. The van der Waals surface area contributed by atoms with E-state index in [9.17, 15) is 4.79 Å². The zero-order valence-corrected chi connectivity index (χ0v) is 17.9. The van der Waals surface area contributed by atoms with Gasteiger partial charge in [0.1, 0.15) is 0 Å². The lowest BCUT2D eigenvalue weighted by Gasteiger charge is -2.16. The van der Waals surface area contributed by atoms with Gasteiger partial charge in [-0.05, 0) is 48.7 Å². The molecule has 0 aliphatic carbocycles. The molecule has 30 heavy (non-hydrogen) atoms.